The fourth-order valence-corrected chi connectivity index (χ4v) is 2.31. The van der Waals surface area contributed by atoms with Crippen molar-refractivity contribution in [1.29, 1.82) is 0 Å². The topological polar surface area (TPSA) is 102 Å². The van der Waals surface area contributed by atoms with Crippen LogP contribution in [0.25, 0.3) is 0 Å². The Morgan fingerprint density at radius 2 is 2.17 bits per heavy atom. The molecule has 1 aromatic heterocycles. The quantitative estimate of drug-likeness (QED) is 0.801. The fraction of sp³-hybridized carbons (Fsp3) is 0.625. The Balaban J connectivity index is 1.94. The molecule has 1 amide bonds. The van der Waals surface area contributed by atoms with Gasteiger partial charge in [-0.2, -0.15) is 5.10 Å². The van der Waals surface area contributed by atoms with E-state index in [1.54, 1.807) is 11.8 Å². The summed E-state index contributed by atoms with van der Waals surface area (Å²) in [6, 6.07) is 1.39. The molecule has 0 spiro atoms. The van der Waals surface area contributed by atoms with E-state index in [1.807, 2.05) is 20.8 Å². The van der Waals surface area contributed by atoms with E-state index in [0.717, 1.165) is 0 Å². The molecule has 0 radical (unpaired) electrons. The fourth-order valence-electron chi connectivity index (χ4n) is 2.31. The van der Waals surface area contributed by atoms with E-state index in [0.29, 0.717) is 12.2 Å². The van der Waals surface area contributed by atoms with Crippen LogP contribution in [0.4, 0.5) is 0 Å². The molecule has 132 valence electrons. The van der Waals surface area contributed by atoms with Gasteiger partial charge in [0.15, 0.2) is 6.10 Å². The number of hydrogen-bond donors (Lipinski definition) is 1. The highest BCUT2D eigenvalue weighted by Gasteiger charge is 2.34. The molecule has 1 N–H and O–H groups in total. The first-order valence-corrected chi connectivity index (χ1v) is 7.81. The van der Waals surface area contributed by atoms with Crippen molar-refractivity contribution < 1.29 is 19.1 Å². The molecule has 24 heavy (non-hydrogen) atoms. The number of esters is 1. The van der Waals surface area contributed by atoms with Crippen LogP contribution in [0, 0.1) is 12.3 Å². The highest BCUT2D eigenvalue weighted by atomic mass is 16.6. The number of ether oxygens (including phenoxy) is 2. The van der Waals surface area contributed by atoms with Crippen LogP contribution < -0.4 is 5.43 Å². The van der Waals surface area contributed by atoms with E-state index >= 15 is 0 Å². The molecule has 8 nitrogen and oxygen atoms in total. The third-order valence-electron chi connectivity index (χ3n) is 3.61. The SMILES string of the molecule is Cc1cc(=O)c(COC(=O)C2CN(C(=O)C(C)(C)C)CCO2)n[nH]1. The summed E-state index contributed by atoms with van der Waals surface area (Å²) in [4.78, 5) is 37.8. The zero-order valence-corrected chi connectivity index (χ0v) is 14.4. The molecule has 1 unspecified atom stereocenters. The van der Waals surface area contributed by atoms with Gasteiger partial charge in [0, 0.05) is 23.7 Å². The molecule has 2 rings (SSSR count). The number of nitrogens with zero attached hydrogens (tertiary/aromatic N) is 2. The van der Waals surface area contributed by atoms with E-state index in [9.17, 15) is 14.4 Å². The van der Waals surface area contributed by atoms with Crippen LogP contribution in [-0.4, -0.2) is 52.8 Å². The van der Waals surface area contributed by atoms with Crippen molar-refractivity contribution in [2.75, 3.05) is 19.7 Å². The Labute approximate surface area is 140 Å². The Morgan fingerprint density at radius 1 is 1.46 bits per heavy atom. The van der Waals surface area contributed by atoms with Gasteiger partial charge in [-0.25, -0.2) is 4.79 Å². The average molecular weight is 337 g/mol. The summed E-state index contributed by atoms with van der Waals surface area (Å²) >= 11 is 0. The van der Waals surface area contributed by atoms with Gasteiger partial charge < -0.3 is 14.4 Å². The number of amides is 1. The van der Waals surface area contributed by atoms with Crippen LogP contribution in [0.1, 0.15) is 32.2 Å². The van der Waals surface area contributed by atoms with Gasteiger partial charge >= 0.3 is 5.97 Å². The Kier molecular flexibility index (Phi) is 5.38. The van der Waals surface area contributed by atoms with Crippen molar-refractivity contribution in [3.63, 3.8) is 0 Å². The molecule has 1 atom stereocenters. The van der Waals surface area contributed by atoms with Crippen molar-refractivity contribution in [1.82, 2.24) is 15.1 Å². The lowest BCUT2D eigenvalue weighted by Gasteiger charge is -2.35. The maximum atomic E-state index is 12.3. The smallest absolute Gasteiger partial charge is 0.337 e. The minimum Gasteiger partial charge on any atom is -0.457 e. The summed E-state index contributed by atoms with van der Waals surface area (Å²) < 4.78 is 10.5. The summed E-state index contributed by atoms with van der Waals surface area (Å²) in [6.07, 6.45) is -0.852. The predicted molar refractivity (Wildman–Crippen MR) is 85.2 cm³/mol. The second-order valence-corrected chi connectivity index (χ2v) is 6.83. The maximum absolute atomic E-state index is 12.3. The number of carbonyl (C=O) groups is 2. The molecule has 1 aliphatic rings. The van der Waals surface area contributed by atoms with Gasteiger partial charge in [0.05, 0.1) is 13.2 Å². The van der Waals surface area contributed by atoms with Gasteiger partial charge in [-0.3, -0.25) is 14.7 Å². The van der Waals surface area contributed by atoms with E-state index in [4.69, 9.17) is 9.47 Å². The lowest BCUT2D eigenvalue weighted by atomic mass is 9.94. The molecular weight excluding hydrogens is 314 g/mol. The molecule has 1 saturated heterocycles. The third kappa shape index (κ3) is 4.41. The monoisotopic (exact) mass is 337 g/mol. The third-order valence-corrected chi connectivity index (χ3v) is 3.61. The van der Waals surface area contributed by atoms with Crippen molar-refractivity contribution in [3.8, 4) is 0 Å². The highest BCUT2D eigenvalue weighted by Crippen LogP contribution is 2.19. The number of rotatable bonds is 3. The zero-order valence-electron chi connectivity index (χ0n) is 14.4. The van der Waals surface area contributed by atoms with Gasteiger partial charge in [-0.15, -0.1) is 0 Å². The van der Waals surface area contributed by atoms with Crippen LogP contribution in [0.15, 0.2) is 10.9 Å². The maximum Gasteiger partial charge on any atom is 0.337 e. The summed E-state index contributed by atoms with van der Waals surface area (Å²) in [5.41, 5.74) is -0.0761. The number of hydrogen-bond acceptors (Lipinski definition) is 6. The number of aromatic amines is 1. The number of H-pyrrole nitrogens is 1. The van der Waals surface area contributed by atoms with E-state index in [-0.39, 0.29) is 36.8 Å². The van der Waals surface area contributed by atoms with Gasteiger partial charge in [-0.1, -0.05) is 20.8 Å². The second kappa shape index (κ2) is 7.12. The number of carbonyl (C=O) groups excluding carboxylic acids is 2. The first kappa shape index (κ1) is 18.1. The average Bonchev–Trinajstić information content (AvgIpc) is 2.52. The van der Waals surface area contributed by atoms with Gasteiger partial charge in [-0.05, 0) is 6.92 Å². The molecule has 1 fully saturated rings. The van der Waals surface area contributed by atoms with Crippen LogP contribution in [0.2, 0.25) is 0 Å². The molecule has 0 saturated carbocycles. The van der Waals surface area contributed by atoms with Crippen LogP contribution in [0.5, 0.6) is 0 Å². The number of aromatic nitrogens is 2. The number of nitrogens with one attached hydrogen (secondary N) is 1. The standard InChI is InChI=1S/C16H23N3O5/c1-10-7-12(20)11(18-17-10)9-24-14(21)13-8-19(5-6-23-13)15(22)16(2,3)4/h7,13H,5-6,8-9H2,1-4H3,(H,17,20). The van der Waals surface area contributed by atoms with E-state index < -0.39 is 17.5 Å². The van der Waals surface area contributed by atoms with Crippen LogP contribution in [0.3, 0.4) is 0 Å². The predicted octanol–water partition coefficient (Wildman–Crippen LogP) is 0.395. The van der Waals surface area contributed by atoms with Crippen molar-refractivity contribution in [2.45, 2.75) is 40.4 Å². The minimum atomic E-state index is -0.852. The molecule has 0 bridgehead atoms. The minimum absolute atomic E-state index is 0.0414. The van der Waals surface area contributed by atoms with Gasteiger partial charge in [0.1, 0.15) is 12.3 Å². The molecular formula is C16H23N3O5. The lowest BCUT2D eigenvalue weighted by Crippen LogP contribution is -2.51. The van der Waals surface area contributed by atoms with Crippen molar-refractivity contribution in [2.24, 2.45) is 5.41 Å². The summed E-state index contributed by atoms with van der Waals surface area (Å²) in [5.74, 6) is -0.650. The Morgan fingerprint density at radius 3 is 2.79 bits per heavy atom. The first-order valence-electron chi connectivity index (χ1n) is 7.81. The second-order valence-electron chi connectivity index (χ2n) is 6.83. The molecule has 1 aliphatic heterocycles. The van der Waals surface area contributed by atoms with E-state index in [2.05, 4.69) is 10.2 Å². The van der Waals surface area contributed by atoms with Crippen molar-refractivity contribution >= 4 is 11.9 Å². The molecule has 0 aromatic carbocycles. The molecule has 2 heterocycles. The van der Waals surface area contributed by atoms with Crippen molar-refractivity contribution in [3.05, 3.63) is 27.7 Å². The van der Waals surface area contributed by atoms with E-state index in [1.165, 1.54) is 6.07 Å². The number of morpholine rings is 1. The number of aryl methyl sites for hydroxylation is 1. The summed E-state index contributed by atoms with van der Waals surface area (Å²) in [7, 11) is 0. The summed E-state index contributed by atoms with van der Waals surface area (Å²) in [6.45, 7) is 7.81. The first-order chi connectivity index (χ1) is 11.2. The largest absolute Gasteiger partial charge is 0.457 e. The van der Waals surface area contributed by atoms with Crippen LogP contribution in [-0.2, 0) is 25.7 Å². The Bertz CT molecular complexity index is 677. The normalized spacial score (nSPS) is 18.3. The highest BCUT2D eigenvalue weighted by molar-refractivity contribution is 5.83. The molecule has 0 aliphatic carbocycles. The molecule has 1 aromatic rings. The van der Waals surface area contributed by atoms with Gasteiger partial charge in [0.25, 0.3) is 0 Å². The Hall–Kier alpha value is -2.22. The van der Waals surface area contributed by atoms with Gasteiger partial charge in [0.2, 0.25) is 11.3 Å². The van der Waals surface area contributed by atoms with Crippen LogP contribution >= 0.6 is 0 Å². The lowest BCUT2D eigenvalue weighted by molar-refractivity contribution is -0.168. The molecule has 8 heteroatoms. The summed E-state index contributed by atoms with van der Waals surface area (Å²) in [5, 5.41) is 6.51. The zero-order chi connectivity index (χ0) is 17.9.